The van der Waals surface area contributed by atoms with Gasteiger partial charge in [-0.2, -0.15) is 44.8 Å². The Labute approximate surface area is 252 Å². The van der Waals surface area contributed by atoms with Gasteiger partial charge in [0.05, 0.1) is 25.4 Å². The highest BCUT2D eigenvalue weighted by molar-refractivity contribution is 5.73. The van der Waals surface area contributed by atoms with E-state index in [4.69, 9.17) is 44.4 Å². The molecule has 3 N–H and O–H groups in total. The lowest BCUT2D eigenvalue weighted by Gasteiger charge is -2.27. The second-order valence-corrected chi connectivity index (χ2v) is 9.30. The van der Waals surface area contributed by atoms with Crippen LogP contribution < -0.4 is 4.74 Å². The Hall–Kier alpha value is -4.71. The molecule has 0 spiro atoms. The van der Waals surface area contributed by atoms with Crippen molar-refractivity contribution in [3.63, 3.8) is 0 Å². The number of fused-ring (bicyclic) bond motifs is 1. The molecule has 0 bridgehead atoms. The summed E-state index contributed by atoms with van der Waals surface area (Å²) in [6.45, 7) is 4.95. The van der Waals surface area contributed by atoms with Gasteiger partial charge in [0.25, 0.3) is 0 Å². The number of nitrogens with zero attached hydrogens (tertiary/aromatic N) is 4. The second-order valence-electron chi connectivity index (χ2n) is 9.30. The molecule has 4 rings (SSSR count). The van der Waals surface area contributed by atoms with Crippen LogP contribution in [0.25, 0.3) is 0 Å². The molecular formula is C25H23F9N4O8. The van der Waals surface area contributed by atoms with Crippen LogP contribution in [0.3, 0.4) is 0 Å². The maximum Gasteiger partial charge on any atom is 0.490 e. The van der Waals surface area contributed by atoms with Gasteiger partial charge < -0.3 is 24.8 Å². The minimum absolute atomic E-state index is 0.0117. The van der Waals surface area contributed by atoms with Crippen LogP contribution in [-0.4, -0.2) is 99.5 Å². The summed E-state index contributed by atoms with van der Waals surface area (Å²) in [5, 5.41) is 30.2. The molecule has 254 valence electrons. The van der Waals surface area contributed by atoms with Gasteiger partial charge in [0, 0.05) is 55.6 Å². The summed E-state index contributed by atoms with van der Waals surface area (Å²) < 4.78 is 107. The van der Waals surface area contributed by atoms with Crippen LogP contribution in [0.4, 0.5) is 39.5 Å². The molecule has 21 heteroatoms. The maximum atomic E-state index is 10.6. The number of hydrogen-bond donors (Lipinski definition) is 3. The van der Waals surface area contributed by atoms with Gasteiger partial charge in [0.15, 0.2) is 0 Å². The summed E-state index contributed by atoms with van der Waals surface area (Å²) in [7, 11) is 0. The highest BCUT2D eigenvalue weighted by Crippen LogP contribution is 2.42. The predicted octanol–water partition coefficient (Wildman–Crippen LogP) is 3.78. The third-order valence-corrected chi connectivity index (χ3v) is 5.82. The lowest BCUT2D eigenvalue weighted by atomic mass is 9.82. The van der Waals surface area contributed by atoms with E-state index in [1.807, 2.05) is 12.3 Å². The zero-order valence-electron chi connectivity index (χ0n) is 22.9. The fourth-order valence-electron chi connectivity index (χ4n) is 3.77. The summed E-state index contributed by atoms with van der Waals surface area (Å²) in [5.74, 6) is -7.24. The van der Waals surface area contributed by atoms with Crippen LogP contribution in [-0.2, 0) is 25.7 Å². The van der Waals surface area contributed by atoms with Gasteiger partial charge >= 0.3 is 36.4 Å². The van der Waals surface area contributed by atoms with E-state index in [9.17, 15) is 39.5 Å². The van der Waals surface area contributed by atoms with Crippen LogP contribution in [0.5, 0.6) is 5.88 Å². The largest absolute Gasteiger partial charge is 0.490 e. The Morgan fingerprint density at radius 2 is 1.50 bits per heavy atom. The average Bonchev–Trinajstić information content (AvgIpc) is 3.49. The van der Waals surface area contributed by atoms with E-state index in [0.29, 0.717) is 24.0 Å². The normalized spacial score (nSPS) is 19.0. The van der Waals surface area contributed by atoms with E-state index < -0.39 is 36.4 Å². The standard InChI is InChI=1S/C19H20N4O2.3C2HF3O2/c20-6-15-3-4-18(22-8-15)25-14-19-12-23(10-17(19)11-24-13-19)9-16-2-1-5-21-7-16;3*3-2(4,5)1(6)7/h1-5,7-8,17H,9-14H2;3*(H,6,7)/t17-,19+;;;/m1.../s1. The molecule has 2 aliphatic heterocycles. The van der Waals surface area contributed by atoms with Crippen molar-refractivity contribution in [2.45, 2.75) is 25.1 Å². The number of halogens is 9. The number of rotatable bonds is 5. The molecule has 12 nitrogen and oxygen atoms in total. The van der Waals surface area contributed by atoms with Gasteiger partial charge in [-0.3, -0.25) is 9.88 Å². The monoisotopic (exact) mass is 678 g/mol. The van der Waals surface area contributed by atoms with E-state index in [2.05, 4.69) is 27.0 Å². The Morgan fingerprint density at radius 3 is 1.91 bits per heavy atom. The molecule has 0 unspecified atom stereocenters. The molecule has 0 amide bonds. The fourth-order valence-corrected chi connectivity index (χ4v) is 3.77. The molecule has 2 aromatic rings. The molecule has 0 radical (unpaired) electrons. The molecule has 0 aromatic carbocycles. The van der Waals surface area contributed by atoms with E-state index in [0.717, 1.165) is 32.8 Å². The van der Waals surface area contributed by atoms with E-state index in [1.165, 1.54) is 5.56 Å². The number of nitriles is 1. The number of aromatic nitrogens is 2. The molecular weight excluding hydrogens is 655 g/mol. The van der Waals surface area contributed by atoms with Crippen LogP contribution in [0, 0.1) is 22.7 Å². The number of aliphatic carboxylic acids is 3. The maximum absolute atomic E-state index is 10.6. The molecule has 46 heavy (non-hydrogen) atoms. The highest BCUT2D eigenvalue weighted by atomic mass is 19.4. The average molecular weight is 678 g/mol. The minimum Gasteiger partial charge on any atom is -0.477 e. The van der Waals surface area contributed by atoms with Crippen LogP contribution in [0.2, 0.25) is 0 Å². The summed E-state index contributed by atoms with van der Waals surface area (Å²) in [6, 6.07) is 9.64. The van der Waals surface area contributed by atoms with Crippen molar-refractivity contribution in [2.75, 3.05) is 32.9 Å². The molecule has 2 aromatic heterocycles. The van der Waals surface area contributed by atoms with E-state index in [-0.39, 0.29) is 5.41 Å². The van der Waals surface area contributed by atoms with Crippen molar-refractivity contribution in [1.29, 1.82) is 5.26 Å². The van der Waals surface area contributed by atoms with Crippen molar-refractivity contribution >= 4 is 17.9 Å². The summed E-state index contributed by atoms with van der Waals surface area (Å²) in [4.78, 5) is 37.5. The molecule has 2 saturated heterocycles. The van der Waals surface area contributed by atoms with Gasteiger partial charge in [-0.25, -0.2) is 19.4 Å². The summed E-state index contributed by atoms with van der Waals surface area (Å²) >= 11 is 0. The van der Waals surface area contributed by atoms with Crippen LogP contribution in [0.15, 0.2) is 42.9 Å². The molecule has 2 fully saturated rings. The first-order chi connectivity index (χ1) is 21.1. The number of pyridine rings is 2. The molecule has 0 aliphatic carbocycles. The first-order valence-corrected chi connectivity index (χ1v) is 12.2. The highest BCUT2D eigenvalue weighted by Gasteiger charge is 2.51. The van der Waals surface area contributed by atoms with Gasteiger partial charge in [0.2, 0.25) is 5.88 Å². The quantitative estimate of drug-likeness (QED) is 0.390. The Kier molecular flexibility index (Phi) is 14.2. The minimum atomic E-state index is -5.08. The third kappa shape index (κ3) is 13.5. The SMILES string of the molecule is N#Cc1ccc(OC[C@]23COC[C@H]2CN(Cc2cccnc2)C3)nc1.O=C(O)C(F)(F)F.O=C(O)C(F)(F)F.O=C(O)C(F)(F)F. The first kappa shape index (κ1) is 39.3. The number of carboxylic acids is 3. The molecule has 4 heterocycles. The smallest absolute Gasteiger partial charge is 0.477 e. The van der Waals surface area contributed by atoms with Gasteiger partial charge in [0.1, 0.15) is 6.07 Å². The Morgan fingerprint density at radius 1 is 0.957 bits per heavy atom. The van der Waals surface area contributed by atoms with Crippen molar-refractivity contribution in [2.24, 2.45) is 11.3 Å². The van der Waals surface area contributed by atoms with E-state index in [1.54, 1.807) is 24.5 Å². The summed E-state index contributed by atoms with van der Waals surface area (Å²) in [5.41, 5.74) is 1.78. The second kappa shape index (κ2) is 16.6. The van der Waals surface area contributed by atoms with Crippen LogP contribution in [0.1, 0.15) is 11.1 Å². The number of ether oxygens (including phenoxy) is 2. The number of hydrogen-bond acceptors (Lipinski definition) is 9. The lowest BCUT2D eigenvalue weighted by Crippen LogP contribution is -2.37. The van der Waals surface area contributed by atoms with Crippen molar-refractivity contribution in [3.05, 3.63) is 54.0 Å². The topological polar surface area (TPSA) is 183 Å². The summed E-state index contributed by atoms with van der Waals surface area (Å²) in [6.07, 6.45) is -9.98. The lowest BCUT2D eigenvalue weighted by molar-refractivity contribution is -0.193. The third-order valence-electron chi connectivity index (χ3n) is 5.82. The van der Waals surface area contributed by atoms with Gasteiger partial charge in [-0.1, -0.05) is 6.07 Å². The number of carboxylic acid groups (broad SMARTS) is 3. The zero-order chi connectivity index (χ0) is 35.3. The number of carbonyl (C=O) groups is 3. The number of likely N-dealkylation sites (tertiary alicyclic amines) is 1. The van der Waals surface area contributed by atoms with E-state index >= 15 is 0 Å². The predicted molar refractivity (Wildman–Crippen MR) is 132 cm³/mol. The fraction of sp³-hybridized carbons (Fsp3) is 0.440. The zero-order valence-corrected chi connectivity index (χ0v) is 22.9. The van der Waals surface area contributed by atoms with Crippen LogP contribution >= 0.6 is 0 Å². The number of alkyl halides is 9. The molecule has 2 atom stereocenters. The Balaban J connectivity index is 0.000000413. The Bertz CT molecular complexity index is 1280. The van der Waals surface area contributed by atoms with Crippen molar-refractivity contribution in [3.8, 4) is 11.9 Å². The van der Waals surface area contributed by atoms with Gasteiger partial charge in [-0.15, -0.1) is 0 Å². The molecule has 0 saturated carbocycles. The van der Waals surface area contributed by atoms with Crippen molar-refractivity contribution < 1.29 is 78.7 Å². The molecule has 2 aliphatic rings. The van der Waals surface area contributed by atoms with Gasteiger partial charge in [-0.05, 0) is 17.7 Å². The first-order valence-electron chi connectivity index (χ1n) is 12.2. The van der Waals surface area contributed by atoms with Crippen molar-refractivity contribution in [1.82, 2.24) is 14.9 Å².